The molecule has 0 aromatic carbocycles. The maximum absolute atomic E-state index is 11.0. The van der Waals surface area contributed by atoms with Gasteiger partial charge in [-0.15, -0.1) is 0 Å². The van der Waals surface area contributed by atoms with Crippen molar-refractivity contribution in [3.63, 3.8) is 0 Å². The molecule has 0 saturated heterocycles. The maximum Gasteiger partial charge on any atom is 0.318 e. The molecule has 0 radical (unpaired) electrons. The Morgan fingerprint density at radius 2 is 2.18 bits per heavy atom. The van der Waals surface area contributed by atoms with Crippen molar-refractivity contribution < 1.29 is 13.7 Å². The topological polar surface area (TPSA) is 43.4 Å². The molecule has 0 spiro atoms. The molecule has 3 nitrogen and oxygen atoms in total. The molecular weight excluding hydrogens is 164 g/mol. The Morgan fingerprint density at radius 1 is 1.55 bits per heavy atom. The lowest BCUT2D eigenvalue weighted by Crippen LogP contribution is -2.14. The van der Waals surface area contributed by atoms with Crippen molar-refractivity contribution in [2.24, 2.45) is 0 Å². The SMILES string of the molecule is CCCCS(=O)CC(=O)OC. The Labute approximate surface area is 69.6 Å². The molecule has 0 aliphatic heterocycles. The van der Waals surface area contributed by atoms with Gasteiger partial charge in [-0.2, -0.15) is 0 Å². The number of rotatable bonds is 5. The Morgan fingerprint density at radius 3 is 2.64 bits per heavy atom. The molecule has 0 aliphatic rings. The second kappa shape index (κ2) is 6.34. The molecule has 0 aromatic heterocycles. The van der Waals surface area contributed by atoms with Crippen LogP contribution >= 0.6 is 0 Å². The zero-order chi connectivity index (χ0) is 8.69. The van der Waals surface area contributed by atoms with E-state index in [9.17, 15) is 9.00 Å². The van der Waals surface area contributed by atoms with Gasteiger partial charge in [0.05, 0.1) is 7.11 Å². The van der Waals surface area contributed by atoms with Crippen LogP contribution in [0.25, 0.3) is 0 Å². The number of methoxy groups -OCH3 is 1. The summed E-state index contributed by atoms with van der Waals surface area (Å²) in [6.07, 6.45) is 1.91. The van der Waals surface area contributed by atoms with Crippen LogP contribution < -0.4 is 0 Å². The van der Waals surface area contributed by atoms with E-state index in [0.717, 1.165) is 12.8 Å². The zero-order valence-electron chi connectivity index (χ0n) is 6.96. The number of hydrogen-bond donors (Lipinski definition) is 0. The number of unbranched alkanes of at least 4 members (excludes halogenated alkanes) is 1. The summed E-state index contributed by atoms with van der Waals surface area (Å²) in [6, 6.07) is 0. The van der Waals surface area contributed by atoms with Gasteiger partial charge >= 0.3 is 5.97 Å². The molecule has 1 unspecified atom stereocenters. The summed E-state index contributed by atoms with van der Waals surface area (Å²) < 4.78 is 15.4. The number of ether oxygens (including phenoxy) is 1. The van der Waals surface area contributed by atoms with Gasteiger partial charge in [0.1, 0.15) is 5.75 Å². The third kappa shape index (κ3) is 6.04. The van der Waals surface area contributed by atoms with E-state index < -0.39 is 10.8 Å². The first-order chi connectivity index (χ1) is 5.20. The minimum Gasteiger partial charge on any atom is -0.468 e. The van der Waals surface area contributed by atoms with Crippen LogP contribution in [0.4, 0.5) is 0 Å². The summed E-state index contributed by atoms with van der Waals surface area (Å²) in [5, 5.41) is 0. The van der Waals surface area contributed by atoms with Gasteiger partial charge in [-0.25, -0.2) is 0 Å². The van der Waals surface area contributed by atoms with Gasteiger partial charge in [-0.1, -0.05) is 13.3 Å². The maximum atomic E-state index is 11.0. The van der Waals surface area contributed by atoms with Crippen LogP contribution in [0, 0.1) is 0 Å². The van der Waals surface area contributed by atoms with Crippen LogP contribution in [0.15, 0.2) is 0 Å². The molecule has 0 amide bonds. The third-order valence-electron chi connectivity index (χ3n) is 1.23. The molecule has 0 fully saturated rings. The summed E-state index contributed by atoms with van der Waals surface area (Å²) in [5.41, 5.74) is 0. The highest BCUT2D eigenvalue weighted by Crippen LogP contribution is 1.92. The van der Waals surface area contributed by atoms with E-state index in [2.05, 4.69) is 4.74 Å². The van der Waals surface area contributed by atoms with E-state index in [-0.39, 0.29) is 11.7 Å². The average Bonchev–Trinajstić information content (AvgIpc) is 2.00. The van der Waals surface area contributed by atoms with Crippen molar-refractivity contribution in [2.75, 3.05) is 18.6 Å². The van der Waals surface area contributed by atoms with Crippen molar-refractivity contribution >= 4 is 16.8 Å². The molecule has 11 heavy (non-hydrogen) atoms. The van der Waals surface area contributed by atoms with E-state index in [4.69, 9.17) is 0 Å². The van der Waals surface area contributed by atoms with Crippen molar-refractivity contribution in [1.82, 2.24) is 0 Å². The van der Waals surface area contributed by atoms with Gasteiger partial charge in [-0.3, -0.25) is 9.00 Å². The second-order valence-electron chi connectivity index (χ2n) is 2.22. The Bertz CT molecular complexity index is 145. The predicted octanol–water partition coefficient (Wildman–Crippen LogP) is 0.708. The molecule has 0 aliphatic carbocycles. The summed E-state index contributed by atoms with van der Waals surface area (Å²) in [4.78, 5) is 10.6. The number of hydrogen-bond acceptors (Lipinski definition) is 3. The van der Waals surface area contributed by atoms with Gasteiger partial charge in [0.2, 0.25) is 0 Å². The van der Waals surface area contributed by atoms with Crippen LogP contribution in [0.1, 0.15) is 19.8 Å². The highest BCUT2D eigenvalue weighted by atomic mass is 32.2. The summed E-state index contributed by atoms with van der Waals surface area (Å²) in [6.45, 7) is 2.02. The fourth-order valence-electron chi connectivity index (χ4n) is 0.568. The van der Waals surface area contributed by atoms with E-state index in [1.54, 1.807) is 0 Å². The fourth-order valence-corrected chi connectivity index (χ4v) is 1.70. The number of esters is 1. The van der Waals surface area contributed by atoms with Crippen molar-refractivity contribution in [1.29, 1.82) is 0 Å². The molecular formula is C7H14O3S. The summed E-state index contributed by atoms with van der Waals surface area (Å²) >= 11 is 0. The monoisotopic (exact) mass is 178 g/mol. The molecule has 1 atom stereocenters. The smallest absolute Gasteiger partial charge is 0.318 e. The van der Waals surface area contributed by atoms with Crippen LogP contribution in [0.2, 0.25) is 0 Å². The molecule has 0 bridgehead atoms. The quantitative estimate of drug-likeness (QED) is 0.582. The molecule has 66 valence electrons. The van der Waals surface area contributed by atoms with Gasteiger partial charge in [0.25, 0.3) is 0 Å². The van der Waals surface area contributed by atoms with Crippen LogP contribution in [-0.2, 0) is 20.3 Å². The largest absolute Gasteiger partial charge is 0.468 e. The van der Waals surface area contributed by atoms with Gasteiger partial charge in [0, 0.05) is 16.6 Å². The summed E-state index contributed by atoms with van der Waals surface area (Å²) in [7, 11) is 0.281. The number of carbonyl (C=O) groups is 1. The minimum absolute atomic E-state index is 0.0382. The van der Waals surface area contributed by atoms with Crippen LogP contribution in [0.3, 0.4) is 0 Å². The second-order valence-corrected chi connectivity index (χ2v) is 3.79. The average molecular weight is 178 g/mol. The molecule has 0 heterocycles. The highest BCUT2D eigenvalue weighted by molar-refractivity contribution is 7.85. The lowest BCUT2D eigenvalue weighted by molar-refractivity contribution is -0.137. The van der Waals surface area contributed by atoms with Crippen molar-refractivity contribution in [2.45, 2.75) is 19.8 Å². The molecule has 0 N–H and O–H groups in total. The van der Waals surface area contributed by atoms with Crippen LogP contribution in [-0.4, -0.2) is 28.8 Å². The normalized spacial score (nSPS) is 12.5. The fraction of sp³-hybridized carbons (Fsp3) is 0.857. The minimum atomic E-state index is -1.02. The lowest BCUT2D eigenvalue weighted by Gasteiger charge is -1.98. The van der Waals surface area contributed by atoms with E-state index in [1.165, 1.54) is 7.11 Å². The first-order valence-corrected chi connectivity index (χ1v) is 5.11. The zero-order valence-corrected chi connectivity index (χ0v) is 7.78. The number of carbonyl (C=O) groups excluding carboxylic acids is 1. The third-order valence-corrected chi connectivity index (χ3v) is 2.53. The standard InChI is InChI=1S/C7H14O3S/c1-3-4-5-11(9)6-7(8)10-2/h3-6H2,1-2H3. The van der Waals surface area contributed by atoms with Crippen LogP contribution in [0.5, 0.6) is 0 Å². The predicted molar refractivity (Wildman–Crippen MR) is 44.8 cm³/mol. The van der Waals surface area contributed by atoms with Gasteiger partial charge in [0.15, 0.2) is 0 Å². The molecule has 0 rings (SSSR count). The highest BCUT2D eigenvalue weighted by Gasteiger charge is 2.05. The van der Waals surface area contributed by atoms with E-state index >= 15 is 0 Å². The molecule has 0 saturated carbocycles. The molecule has 4 heteroatoms. The Kier molecular flexibility index (Phi) is 6.12. The van der Waals surface area contributed by atoms with Crippen molar-refractivity contribution in [3.05, 3.63) is 0 Å². The van der Waals surface area contributed by atoms with Gasteiger partial charge in [-0.05, 0) is 6.42 Å². The molecule has 0 aromatic rings. The van der Waals surface area contributed by atoms with E-state index in [0.29, 0.717) is 5.75 Å². The first kappa shape index (κ1) is 10.6. The summed E-state index contributed by atoms with van der Waals surface area (Å²) in [5.74, 6) is 0.252. The lowest BCUT2D eigenvalue weighted by atomic mass is 10.4. The Hall–Kier alpha value is -0.380. The van der Waals surface area contributed by atoms with Gasteiger partial charge < -0.3 is 4.74 Å². The first-order valence-electron chi connectivity index (χ1n) is 3.62. The van der Waals surface area contributed by atoms with Crippen molar-refractivity contribution in [3.8, 4) is 0 Å². The van der Waals surface area contributed by atoms with E-state index in [1.807, 2.05) is 6.92 Å². The Balaban J connectivity index is 3.44.